The zero-order valence-corrected chi connectivity index (χ0v) is 42.0. The van der Waals surface area contributed by atoms with E-state index in [1.54, 1.807) is 0 Å². The Balaban J connectivity index is 4.42. The van der Waals surface area contributed by atoms with Crippen LogP contribution in [0.4, 0.5) is 0 Å². The summed E-state index contributed by atoms with van der Waals surface area (Å²) in [5.41, 5.74) is 0. The molecule has 6 nitrogen and oxygen atoms in total. The molecule has 1 atom stereocenters. The van der Waals surface area contributed by atoms with Crippen molar-refractivity contribution in [3.63, 3.8) is 0 Å². The fourth-order valence-electron chi connectivity index (χ4n) is 7.35. The number of carbonyl (C=O) groups excluding carboxylic acids is 3. The quantitative estimate of drug-likeness (QED) is 0.0262. The van der Waals surface area contributed by atoms with Gasteiger partial charge in [-0.1, -0.05) is 209 Å². The number of allylic oxidation sites excluding steroid dienone is 12. The van der Waals surface area contributed by atoms with Crippen LogP contribution in [-0.2, 0) is 28.6 Å². The fraction of sp³-hybridized carbons (Fsp3) is 0.741. The molecule has 0 saturated heterocycles. The molecule has 0 amide bonds. The van der Waals surface area contributed by atoms with Crippen molar-refractivity contribution in [1.82, 2.24) is 0 Å². The Labute approximate surface area is 395 Å². The Bertz CT molecular complexity index is 1210. The molecule has 0 aromatic rings. The first-order chi connectivity index (χ1) is 31.5. The van der Waals surface area contributed by atoms with Crippen molar-refractivity contribution in [2.45, 2.75) is 264 Å². The smallest absolute Gasteiger partial charge is 0.306 e. The first-order valence-electron chi connectivity index (χ1n) is 26.9. The van der Waals surface area contributed by atoms with Crippen molar-refractivity contribution in [3.8, 4) is 0 Å². The second-order valence-electron chi connectivity index (χ2n) is 17.7. The van der Waals surface area contributed by atoms with Crippen molar-refractivity contribution in [2.24, 2.45) is 0 Å². The van der Waals surface area contributed by atoms with Crippen LogP contribution >= 0.6 is 0 Å². The van der Waals surface area contributed by atoms with E-state index < -0.39 is 6.10 Å². The van der Waals surface area contributed by atoms with Gasteiger partial charge in [-0.15, -0.1) is 0 Å². The highest BCUT2D eigenvalue weighted by Crippen LogP contribution is 2.14. The SMILES string of the molecule is CC/C=C\C/C=C\C/C=C\CCCCCCCC(=O)O[C@H](COC(=O)CCCCCCC/C=C\C/C=C\CCCC)COC(=O)CCCCCCCCC/C=C\CCCCCCCC. The van der Waals surface area contributed by atoms with Crippen molar-refractivity contribution in [1.29, 1.82) is 0 Å². The minimum Gasteiger partial charge on any atom is -0.462 e. The van der Waals surface area contributed by atoms with E-state index >= 15 is 0 Å². The lowest BCUT2D eigenvalue weighted by atomic mass is 10.1. The molecule has 0 radical (unpaired) electrons. The summed E-state index contributed by atoms with van der Waals surface area (Å²) in [5, 5.41) is 0. The van der Waals surface area contributed by atoms with Gasteiger partial charge in [-0.25, -0.2) is 0 Å². The first-order valence-corrected chi connectivity index (χ1v) is 26.9. The van der Waals surface area contributed by atoms with Crippen molar-refractivity contribution in [3.05, 3.63) is 72.9 Å². The predicted molar refractivity (Wildman–Crippen MR) is 274 cm³/mol. The number of unbranched alkanes of at least 4 members (excludes halogenated alkanes) is 25. The minimum atomic E-state index is -0.792. The Kier molecular flexibility index (Phi) is 49.9. The predicted octanol–water partition coefficient (Wildman–Crippen LogP) is 17.8. The van der Waals surface area contributed by atoms with Crippen molar-refractivity contribution >= 4 is 17.9 Å². The summed E-state index contributed by atoms with van der Waals surface area (Å²) in [6.07, 6.45) is 66.0. The molecular formula is C58H100O6. The molecule has 0 aliphatic carbocycles. The number of hydrogen-bond acceptors (Lipinski definition) is 6. The van der Waals surface area contributed by atoms with Gasteiger partial charge in [0.2, 0.25) is 0 Å². The van der Waals surface area contributed by atoms with Gasteiger partial charge in [0, 0.05) is 19.3 Å². The van der Waals surface area contributed by atoms with Crippen LogP contribution in [0.25, 0.3) is 0 Å². The normalized spacial score (nSPS) is 12.6. The zero-order chi connectivity index (χ0) is 46.5. The van der Waals surface area contributed by atoms with Crippen molar-refractivity contribution in [2.75, 3.05) is 13.2 Å². The van der Waals surface area contributed by atoms with Gasteiger partial charge in [0.25, 0.3) is 0 Å². The Morgan fingerprint density at radius 2 is 0.625 bits per heavy atom. The summed E-state index contributed by atoms with van der Waals surface area (Å²) < 4.78 is 16.8. The van der Waals surface area contributed by atoms with Gasteiger partial charge in [-0.3, -0.25) is 14.4 Å². The van der Waals surface area contributed by atoms with Crippen LogP contribution in [-0.4, -0.2) is 37.2 Å². The maximum atomic E-state index is 12.8. The summed E-state index contributed by atoms with van der Waals surface area (Å²) in [5.74, 6) is -0.921. The van der Waals surface area contributed by atoms with Crippen LogP contribution in [0.3, 0.4) is 0 Å². The summed E-state index contributed by atoms with van der Waals surface area (Å²) in [4.78, 5) is 38.0. The Morgan fingerprint density at radius 1 is 0.328 bits per heavy atom. The number of ether oxygens (including phenoxy) is 3. The van der Waals surface area contributed by atoms with Crippen LogP contribution in [0.5, 0.6) is 0 Å². The second-order valence-corrected chi connectivity index (χ2v) is 17.7. The highest BCUT2D eigenvalue weighted by Gasteiger charge is 2.19. The maximum Gasteiger partial charge on any atom is 0.306 e. The number of esters is 3. The Hall–Kier alpha value is -3.15. The van der Waals surface area contributed by atoms with E-state index in [-0.39, 0.29) is 31.1 Å². The monoisotopic (exact) mass is 893 g/mol. The topological polar surface area (TPSA) is 78.9 Å². The highest BCUT2D eigenvalue weighted by atomic mass is 16.6. The molecule has 0 aromatic heterocycles. The van der Waals surface area contributed by atoms with Gasteiger partial charge in [-0.2, -0.15) is 0 Å². The molecular weight excluding hydrogens is 793 g/mol. The molecule has 0 aliphatic heterocycles. The van der Waals surface area contributed by atoms with Gasteiger partial charge < -0.3 is 14.2 Å². The Morgan fingerprint density at radius 3 is 1.02 bits per heavy atom. The van der Waals surface area contributed by atoms with Crippen LogP contribution in [0, 0.1) is 0 Å². The summed E-state index contributed by atoms with van der Waals surface area (Å²) in [7, 11) is 0. The molecule has 0 fully saturated rings. The van der Waals surface area contributed by atoms with Gasteiger partial charge in [-0.05, 0) is 103 Å². The largest absolute Gasteiger partial charge is 0.462 e. The van der Waals surface area contributed by atoms with Crippen LogP contribution < -0.4 is 0 Å². The third-order valence-corrected chi connectivity index (χ3v) is 11.4. The summed E-state index contributed by atoms with van der Waals surface area (Å²) in [6, 6.07) is 0. The van der Waals surface area contributed by atoms with Gasteiger partial charge in [0.15, 0.2) is 6.10 Å². The van der Waals surface area contributed by atoms with Gasteiger partial charge >= 0.3 is 17.9 Å². The lowest BCUT2D eigenvalue weighted by Gasteiger charge is -2.18. The fourth-order valence-corrected chi connectivity index (χ4v) is 7.35. The third-order valence-electron chi connectivity index (χ3n) is 11.4. The number of carbonyl (C=O) groups is 3. The van der Waals surface area contributed by atoms with Crippen LogP contribution in [0.2, 0.25) is 0 Å². The molecule has 0 N–H and O–H groups in total. The third kappa shape index (κ3) is 49.9. The highest BCUT2D eigenvalue weighted by molar-refractivity contribution is 5.71. The van der Waals surface area contributed by atoms with E-state index in [9.17, 15) is 14.4 Å². The lowest BCUT2D eigenvalue weighted by molar-refractivity contribution is -0.167. The van der Waals surface area contributed by atoms with E-state index in [1.165, 1.54) is 96.3 Å². The molecule has 0 unspecified atom stereocenters. The standard InChI is InChI=1S/C58H100O6/c1-4-7-10-13-16-19-22-25-28-29-31-33-36-39-42-45-48-51-57(60)63-54-55(53-62-56(59)50-47-44-41-38-35-32-27-24-21-18-15-12-9-6-3)64-58(61)52-49-46-43-40-37-34-30-26-23-20-17-14-11-8-5-2/h8,11,15,17-18,20,24-28,30,55H,4-7,9-10,12-14,16,19,21-23,29,31-54H2,1-3H3/b11-8-,18-15-,20-17-,27-24-,28-25-,30-26-/t55-/m1/s1. The number of rotatable bonds is 48. The minimum absolute atomic E-state index is 0.0892. The molecule has 0 heterocycles. The average molecular weight is 893 g/mol. The van der Waals surface area contributed by atoms with Crippen LogP contribution in [0.15, 0.2) is 72.9 Å². The molecule has 0 aliphatic rings. The number of hydrogen-bond donors (Lipinski definition) is 0. The molecule has 64 heavy (non-hydrogen) atoms. The summed E-state index contributed by atoms with van der Waals surface area (Å²) in [6.45, 7) is 6.46. The van der Waals surface area contributed by atoms with E-state index in [0.717, 1.165) is 122 Å². The molecule has 0 bridgehead atoms. The zero-order valence-electron chi connectivity index (χ0n) is 42.0. The lowest BCUT2D eigenvalue weighted by Crippen LogP contribution is -2.30. The molecule has 0 rings (SSSR count). The van der Waals surface area contributed by atoms with E-state index in [4.69, 9.17) is 14.2 Å². The average Bonchev–Trinajstić information content (AvgIpc) is 3.29. The molecule has 0 saturated carbocycles. The van der Waals surface area contributed by atoms with E-state index in [1.807, 2.05) is 0 Å². The molecule has 0 aromatic carbocycles. The summed E-state index contributed by atoms with van der Waals surface area (Å²) >= 11 is 0. The molecule has 0 spiro atoms. The molecule has 6 heteroatoms. The van der Waals surface area contributed by atoms with Crippen molar-refractivity contribution < 1.29 is 28.6 Å². The van der Waals surface area contributed by atoms with Gasteiger partial charge in [0.05, 0.1) is 0 Å². The first kappa shape index (κ1) is 60.9. The van der Waals surface area contributed by atoms with Gasteiger partial charge in [0.1, 0.15) is 13.2 Å². The molecule has 368 valence electrons. The van der Waals surface area contributed by atoms with E-state index in [0.29, 0.717) is 19.3 Å². The van der Waals surface area contributed by atoms with E-state index in [2.05, 4.69) is 93.7 Å². The second kappa shape index (κ2) is 52.5. The maximum absolute atomic E-state index is 12.8. The van der Waals surface area contributed by atoms with Crippen LogP contribution in [0.1, 0.15) is 258 Å².